The van der Waals surface area contributed by atoms with Crippen molar-refractivity contribution in [2.45, 2.75) is 13.8 Å². The second-order valence-electron chi connectivity index (χ2n) is 4.08. The van der Waals surface area contributed by atoms with Crippen molar-refractivity contribution in [1.29, 1.82) is 0 Å². The molecule has 0 aromatic heterocycles. The maximum absolute atomic E-state index is 13.2. The molecule has 0 radical (unpaired) electrons. The molecule has 0 saturated carbocycles. The smallest absolute Gasteiger partial charge is 0.341 e. The Morgan fingerprint density at radius 1 is 1.29 bits per heavy atom. The maximum atomic E-state index is 13.2. The largest absolute Gasteiger partial charge is 0.460 e. The SMILES string of the molecule is CC(C)COCCOC(=O)c1ccccc1F. The average Bonchev–Trinajstić information content (AvgIpc) is 2.28. The van der Waals surface area contributed by atoms with Crippen molar-refractivity contribution in [3.05, 3.63) is 35.6 Å². The number of ether oxygens (including phenoxy) is 2. The first-order chi connectivity index (χ1) is 8.11. The fraction of sp³-hybridized carbons (Fsp3) is 0.462. The Bertz CT molecular complexity index is 363. The Balaban J connectivity index is 2.29. The summed E-state index contributed by atoms with van der Waals surface area (Å²) in [6.07, 6.45) is 0. The number of benzene rings is 1. The third-order valence-electron chi connectivity index (χ3n) is 2.01. The summed E-state index contributed by atoms with van der Waals surface area (Å²) < 4.78 is 23.3. The van der Waals surface area contributed by atoms with Crippen molar-refractivity contribution < 1.29 is 18.7 Å². The number of hydrogen-bond acceptors (Lipinski definition) is 3. The van der Waals surface area contributed by atoms with Crippen molar-refractivity contribution in [2.24, 2.45) is 5.92 Å². The number of esters is 1. The van der Waals surface area contributed by atoms with Crippen molar-refractivity contribution in [1.82, 2.24) is 0 Å². The lowest BCUT2D eigenvalue weighted by Crippen LogP contribution is -2.13. The first-order valence-electron chi connectivity index (χ1n) is 5.60. The zero-order chi connectivity index (χ0) is 12.7. The van der Waals surface area contributed by atoms with E-state index in [1.165, 1.54) is 18.2 Å². The summed E-state index contributed by atoms with van der Waals surface area (Å²) in [5.41, 5.74) is -0.0450. The summed E-state index contributed by atoms with van der Waals surface area (Å²) >= 11 is 0. The molecule has 3 nitrogen and oxygen atoms in total. The van der Waals surface area contributed by atoms with Crippen LogP contribution < -0.4 is 0 Å². The lowest BCUT2D eigenvalue weighted by atomic mass is 10.2. The summed E-state index contributed by atoms with van der Waals surface area (Å²) in [6, 6.07) is 5.74. The van der Waals surface area contributed by atoms with Crippen LogP contribution in [-0.2, 0) is 9.47 Å². The predicted molar refractivity (Wildman–Crippen MR) is 62.3 cm³/mol. The van der Waals surface area contributed by atoms with Crippen molar-refractivity contribution in [3.63, 3.8) is 0 Å². The monoisotopic (exact) mass is 240 g/mol. The van der Waals surface area contributed by atoms with E-state index in [0.717, 1.165) is 0 Å². The van der Waals surface area contributed by atoms with Crippen LogP contribution in [0.2, 0.25) is 0 Å². The van der Waals surface area contributed by atoms with Crippen molar-refractivity contribution in [3.8, 4) is 0 Å². The molecule has 0 amide bonds. The maximum Gasteiger partial charge on any atom is 0.341 e. The van der Waals surface area contributed by atoms with Crippen LogP contribution in [0.4, 0.5) is 4.39 Å². The summed E-state index contributed by atoms with van der Waals surface area (Å²) in [5.74, 6) is -0.783. The molecule has 0 fully saturated rings. The molecule has 94 valence electrons. The summed E-state index contributed by atoms with van der Waals surface area (Å²) in [5, 5.41) is 0. The molecule has 0 saturated heterocycles. The minimum absolute atomic E-state index is 0.0450. The summed E-state index contributed by atoms with van der Waals surface area (Å²) in [6.45, 7) is 5.16. The number of rotatable bonds is 6. The first kappa shape index (κ1) is 13.6. The Morgan fingerprint density at radius 2 is 2.00 bits per heavy atom. The van der Waals surface area contributed by atoms with Gasteiger partial charge in [-0.2, -0.15) is 0 Å². The highest BCUT2D eigenvalue weighted by Gasteiger charge is 2.11. The zero-order valence-electron chi connectivity index (χ0n) is 10.1. The molecule has 0 bridgehead atoms. The van der Waals surface area contributed by atoms with Crippen LogP contribution in [0.3, 0.4) is 0 Å². The van der Waals surface area contributed by atoms with Gasteiger partial charge in [0.25, 0.3) is 0 Å². The fourth-order valence-electron chi connectivity index (χ4n) is 1.22. The first-order valence-corrected chi connectivity index (χ1v) is 5.60. The average molecular weight is 240 g/mol. The van der Waals surface area contributed by atoms with E-state index in [-0.39, 0.29) is 12.2 Å². The molecule has 0 aliphatic heterocycles. The molecule has 0 spiro atoms. The van der Waals surface area contributed by atoms with E-state index >= 15 is 0 Å². The van der Waals surface area contributed by atoms with Gasteiger partial charge in [-0.3, -0.25) is 0 Å². The second-order valence-corrected chi connectivity index (χ2v) is 4.08. The van der Waals surface area contributed by atoms with E-state index in [1.54, 1.807) is 6.07 Å². The third kappa shape index (κ3) is 4.95. The van der Waals surface area contributed by atoms with Crippen LogP contribution in [0.15, 0.2) is 24.3 Å². The van der Waals surface area contributed by atoms with Crippen LogP contribution >= 0.6 is 0 Å². The molecule has 0 heterocycles. The Hall–Kier alpha value is -1.42. The van der Waals surface area contributed by atoms with Gasteiger partial charge in [0.05, 0.1) is 12.2 Å². The molecule has 17 heavy (non-hydrogen) atoms. The van der Waals surface area contributed by atoms with E-state index in [2.05, 4.69) is 0 Å². The molecule has 1 aromatic rings. The minimum atomic E-state index is -0.656. The van der Waals surface area contributed by atoms with Crippen LogP contribution in [0.5, 0.6) is 0 Å². The molecule has 0 unspecified atom stereocenters. The second kappa shape index (κ2) is 7.01. The van der Waals surface area contributed by atoms with E-state index in [1.807, 2.05) is 13.8 Å². The van der Waals surface area contributed by atoms with Gasteiger partial charge in [-0.1, -0.05) is 26.0 Å². The fourth-order valence-corrected chi connectivity index (χ4v) is 1.22. The van der Waals surface area contributed by atoms with Gasteiger partial charge in [-0.25, -0.2) is 9.18 Å². The van der Waals surface area contributed by atoms with Gasteiger partial charge >= 0.3 is 5.97 Å². The number of halogens is 1. The van der Waals surface area contributed by atoms with Crippen LogP contribution in [0.25, 0.3) is 0 Å². The van der Waals surface area contributed by atoms with E-state index < -0.39 is 11.8 Å². The molecule has 4 heteroatoms. The van der Waals surface area contributed by atoms with Gasteiger partial charge in [-0.15, -0.1) is 0 Å². The van der Waals surface area contributed by atoms with Crippen LogP contribution in [0, 0.1) is 11.7 Å². The van der Waals surface area contributed by atoms with Gasteiger partial charge in [0, 0.05) is 6.61 Å². The van der Waals surface area contributed by atoms with Gasteiger partial charge in [-0.05, 0) is 18.1 Å². The highest BCUT2D eigenvalue weighted by molar-refractivity contribution is 5.89. The third-order valence-corrected chi connectivity index (χ3v) is 2.01. The number of hydrogen-bond donors (Lipinski definition) is 0. The van der Waals surface area contributed by atoms with Crippen LogP contribution in [0.1, 0.15) is 24.2 Å². The van der Waals surface area contributed by atoms with Crippen molar-refractivity contribution >= 4 is 5.97 Å². The van der Waals surface area contributed by atoms with Gasteiger partial charge in [0.1, 0.15) is 12.4 Å². The minimum Gasteiger partial charge on any atom is -0.460 e. The van der Waals surface area contributed by atoms with E-state index in [9.17, 15) is 9.18 Å². The number of carbonyl (C=O) groups excluding carboxylic acids is 1. The molecule has 1 aromatic carbocycles. The molecular formula is C13H17FO3. The molecule has 0 atom stereocenters. The van der Waals surface area contributed by atoms with E-state index in [4.69, 9.17) is 9.47 Å². The molecule has 1 rings (SSSR count). The highest BCUT2D eigenvalue weighted by atomic mass is 19.1. The van der Waals surface area contributed by atoms with E-state index in [0.29, 0.717) is 19.1 Å². The summed E-state index contributed by atoms with van der Waals surface area (Å²) in [4.78, 5) is 11.4. The van der Waals surface area contributed by atoms with Gasteiger partial charge in [0.15, 0.2) is 0 Å². The molecule has 0 aliphatic rings. The number of carbonyl (C=O) groups is 1. The zero-order valence-corrected chi connectivity index (χ0v) is 10.1. The lowest BCUT2D eigenvalue weighted by Gasteiger charge is -2.08. The van der Waals surface area contributed by atoms with Gasteiger partial charge < -0.3 is 9.47 Å². The predicted octanol–water partition coefficient (Wildman–Crippen LogP) is 2.66. The summed E-state index contributed by atoms with van der Waals surface area (Å²) in [7, 11) is 0. The van der Waals surface area contributed by atoms with Crippen molar-refractivity contribution in [2.75, 3.05) is 19.8 Å². The van der Waals surface area contributed by atoms with Gasteiger partial charge in [0.2, 0.25) is 0 Å². The lowest BCUT2D eigenvalue weighted by molar-refractivity contribution is 0.0273. The Morgan fingerprint density at radius 3 is 2.65 bits per heavy atom. The highest BCUT2D eigenvalue weighted by Crippen LogP contribution is 2.07. The topological polar surface area (TPSA) is 35.5 Å². The standard InChI is InChI=1S/C13H17FO3/c1-10(2)9-16-7-8-17-13(15)11-5-3-4-6-12(11)14/h3-6,10H,7-9H2,1-2H3. The molecule has 0 aliphatic carbocycles. The Kier molecular flexibility index (Phi) is 5.63. The Labute approximate surface area is 101 Å². The normalized spacial score (nSPS) is 10.6. The molecular weight excluding hydrogens is 223 g/mol. The molecule has 0 N–H and O–H groups in total. The van der Waals surface area contributed by atoms with Crippen LogP contribution in [-0.4, -0.2) is 25.8 Å². The quantitative estimate of drug-likeness (QED) is 0.566.